The second-order valence-corrected chi connectivity index (χ2v) is 3.76. The lowest BCUT2D eigenvalue weighted by atomic mass is 9.96. The van der Waals surface area contributed by atoms with Gasteiger partial charge in [0.25, 0.3) is 0 Å². The lowest BCUT2D eigenvalue weighted by Crippen LogP contribution is -2.17. The van der Waals surface area contributed by atoms with Crippen molar-refractivity contribution in [1.29, 1.82) is 0 Å². The zero-order valence-electron chi connectivity index (χ0n) is 8.61. The van der Waals surface area contributed by atoms with Gasteiger partial charge in [0, 0.05) is 10.5 Å². The highest BCUT2D eigenvalue weighted by atomic mass is 19.1. The van der Waals surface area contributed by atoms with E-state index in [1.54, 1.807) is 0 Å². The number of aliphatic hydroxyl groups is 1. The topological polar surface area (TPSA) is 69.0 Å². The van der Waals surface area contributed by atoms with Gasteiger partial charge in [0.15, 0.2) is 0 Å². The predicted molar refractivity (Wildman–Crippen MR) is 54.5 cm³/mol. The molecule has 0 aliphatic rings. The van der Waals surface area contributed by atoms with Crippen LogP contribution in [0.3, 0.4) is 0 Å². The summed E-state index contributed by atoms with van der Waals surface area (Å²) in [5, 5.41) is 13.0. The molecule has 0 saturated carbocycles. The molecular formula is C10H12FN3O. The molecule has 0 spiro atoms. The molecule has 1 N–H and O–H groups in total. The fourth-order valence-corrected chi connectivity index (χ4v) is 1.25. The fourth-order valence-electron chi connectivity index (χ4n) is 1.25. The second-order valence-electron chi connectivity index (χ2n) is 3.76. The van der Waals surface area contributed by atoms with Gasteiger partial charge in [0.05, 0.1) is 12.1 Å². The van der Waals surface area contributed by atoms with E-state index in [0.29, 0.717) is 5.56 Å². The van der Waals surface area contributed by atoms with Gasteiger partial charge in [-0.3, -0.25) is 0 Å². The van der Waals surface area contributed by atoms with Crippen molar-refractivity contribution in [3.63, 3.8) is 0 Å². The highest BCUT2D eigenvalue weighted by Crippen LogP contribution is 2.24. The Hall–Kier alpha value is -1.58. The molecule has 0 amide bonds. The Labute approximate surface area is 87.0 Å². The maximum absolute atomic E-state index is 13.3. The largest absolute Gasteiger partial charge is 0.386 e. The summed E-state index contributed by atoms with van der Waals surface area (Å²) in [5.74, 6) is -0.466. The van der Waals surface area contributed by atoms with Crippen molar-refractivity contribution in [2.75, 3.05) is 0 Å². The third-order valence-electron chi connectivity index (χ3n) is 2.01. The van der Waals surface area contributed by atoms with E-state index >= 15 is 0 Å². The molecule has 15 heavy (non-hydrogen) atoms. The number of azide groups is 1. The molecular weight excluding hydrogens is 197 g/mol. The number of halogens is 1. The van der Waals surface area contributed by atoms with Crippen LogP contribution in [-0.4, -0.2) is 5.11 Å². The Kier molecular flexibility index (Phi) is 3.29. The number of rotatable bonds is 3. The first-order chi connectivity index (χ1) is 6.95. The van der Waals surface area contributed by atoms with Crippen molar-refractivity contribution in [1.82, 2.24) is 0 Å². The summed E-state index contributed by atoms with van der Waals surface area (Å²) < 4.78 is 13.3. The standard InChI is InChI=1S/C10H12FN3O/c1-10(2,15)8-5-7(6-13-14-12)3-4-9(8)11/h3-5,15H,6H2,1-2H3. The summed E-state index contributed by atoms with van der Waals surface area (Å²) in [7, 11) is 0. The van der Waals surface area contributed by atoms with Gasteiger partial charge < -0.3 is 5.11 Å². The smallest absolute Gasteiger partial charge is 0.129 e. The molecule has 1 aromatic carbocycles. The Morgan fingerprint density at radius 3 is 2.73 bits per heavy atom. The summed E-state index contributed by atoms with van der Waals surface area (Å²) in [6.07, 6.45) is 0. The van der Waals surface area contributed by atoms with Crippen LogP contribution in [0.1, 0.15) is 25.0 Å². The molecule has 0 bridgehead atoms. The maximum Gasteiger partial charge on any atom is 0.129 e. The van der Waals surface area contributed by atoms with E-state index in [1.807, 2.05) is 0 Å². The molecule has 5 heteroatoms. The van der Waals surface area contributed by atoms with Crippen molar-refractivity contribution in [2.45, 2.75) is 26.0 Å². The highest BCUT2D eigenvalue weighted by Gasteiger charge is 2.20. The number of nitrogens with zero attached hydrogens (tertiary/aromatic N) is 3. The number of hydrogen-bond acceptors (Lipinski definition) is 2. The van der Waals surface area contributed by atoms with E-state index in [9.17, 15) is 9.50 Å². The van der Waals surface area contributed by atoms with Crippen molar-refractivity contribution in [3.8, 4) is 0 Å². The zero-order chi connectivity index (χ0) is 11.5. The monoisotopic (exact) mass is 209 g/mol. The number of benzene rings is 1. The van der Waals surface area contributed by atoms with Gasteiger partial charge in [-0.05, 0) is 37.1 Å². The van der Waals surface area contributed by atoms with Crippen LogP contribution in [0.2, 0.25) is 0 Å². The first-order valence-electron chi connectivity index (χ1n) is 4.47. The van der Waals surface area contributed by atoms with Crippen LogP contribution in [-0.2, 0) is 12.1 Å². The first kappa shape index (κ1) is 11.5. The van der Waals surface area contributed by atoms with Gasteiger partial charge in [-0.15, -0.1) is 0 Å². The Morgan fingerprint density at radius 1 is 1.53 bits per heavy atom. The molecule has 80 valence electrons. The minimum absolute atomic E-state index is 0.153. The summed E-state index contributed by atoms with van der Waals surface area (Å²) in [5.41, 5.74) is 7.78. The maximum atomic E-state index is 13.3. The number of hydrogen-bond donors (Lipinski definition) is 1. The Bertz CT molecular complexity index is 406. The van der Waals surface area contributed by atoms with Crippen LogP contribution in [0.4, 0.5) is 4.39 Å². The van der Waals surface area contributed by atoms with Crippen molar-refractivity contribution >= 4 is 0 Å². The molecule has 0 aromatic heterocycles. The van der Waals surface area contributed by atoms with E-state index in [4.69, 9.17) is 5.53 Å². The van der Waals surface area contributed by atoms with Crippen molar-refractivity contribution in [2.24, 2.45) is 5.11 Å². The van der Waals surface area contributed by atoms with Crippen LogP contribution in [0.15, 0.2) is 23.3 Å². The van der Waals surface area contributed by atoms with Gasteiger partial charge in [-0.2, -0.15) is 0 Å². The molecule has 0 radical (unpaired) electrons. The molecule has 4 nitrogen and oxygen atoms in total. The lowest BCUT2D eigenvalue weighted by Gasteiger charge is -2.19. The third-order valence-corrected chi connectivity index (χ3v) is 2.01. The molecule has 0 aliphatic heterocycles. The minimum atomic E-state index is -1.24. The highest BCUT2D eigenvalue weighted by molar-refractivity contribution is 5.28. The average Bonchev–Trinajstić information content (AvgIpc) is 2.15. The van der Waals surface area contributed by atoms with E-state index < -0.39 is 11.4 Å². The molecule has 0 saturated heterocycles. The SMILES string of the molecule is CC(C)(O)c1cc(CN=[N+]=[N-])ccc1F. The molecule has 0 unspecified atom stereocenters. The summed E-state index contributed by atoms with van der Waals surface area (Å²) in [4.78, 5) is 2.61. The van der Waals surface area contributed by atoms with Crippen LogP contribution in [0.25, 0.3) is 10.4 Å². The second kappa shape index (κ2) is 4.29. The quantitative estimate of drug-likeness (QED) is 0.464. The van der Waals surface area contributed by atoms with Crippen LogP contribution >= 0.6 is 0 Å². The van der Waals surface area contributed by atoms with Gasteiger partial charge in [-0.25, -0.2) is 4.39 Å². The summed E-state index contributed by atoms with van der Waals surface area (Å²) in [6, 6.07) is 4.29. The lowest BCUT2D eigenvalue weighted by molar-refractivity contribution is 0.0744. The van der Waals surface area contributed by atoms with Gasteiger partial charge >= 0.3 is 0 Å². The molecule has 0 atom stereocenters. The van der Waals surface area contributed by atoms with Crippen LogP contribution in [0, 0.1) is 5.82 Å². The normalized spacial score (nSPS) is 10.9. The van der Waals surface area contributed by atoms with Crippen LogP contribution in [0.5, 0.6) is 0 Å². The van der Waals surface area contributed by atoms with E-state index in [1.165, 1.54) is 32.0 Å². The van der Waals surface area contributed by atoms with Crippen molar-refractivity contribution in [3.05, 3.63) is 45.6 Å². The van der Waals surface area contributed by atoms with Gasteiger partial charge in [-0.1, -0.05) is 11.2 Å². The zero-order valence-corrected chi connectivity index (χ0v) is 8.61. The van der Waals surface area contributed by atoms with Crippen LogP contribution < -0.4 is 0 Å². The van der Waals surface area contributed by atoms with Crippen molar-refractivity contribution < 1.29 is 9.50 Å². The van der Waals surface area contributed by atoms with Gasteiger partial charge in [0.2, 0.25) is 0 Å². The van der Waals surface area contributed by atoms with E-state index in [0.717, 1.165) is 0 Å². The fraction of sp³-hybridized carbons (Fsp3) is 0.400. The minimum Gasteiger partial charge on any atom is -0.386 e. The third kappa shape index (κ3) is 2.94. The summed E-state index contributed by atoms with van der Waals surface area (Å²) in [6.45, 7) is 3.16. The molecule has 1 aromatic rings. The predicted octanol–water partition coefficient (Wildman–Crippen LogP) is 2.86. The Morgan fingerprint density at radius 2 is 2.20 bits per heavy atom. The molecule has 0 heterocycles. The molecule has 1 rings (SSSR count). The molecule has 0 fully saturated rings. The van der Waals surface area contributed by atoms with Gasteiger partial charge in [0.1, 0.15) is 5.82 Å². The first-order valence-corrected chi connectivity index (χ1v) is 4.47. The van der Waals surface area contributed by atoms with E-state index in [2.05, 4.69) is 10.0 Å². The van der Waals surface area contributed by atoms with E-state index in [-0.39, 0.29) is 12.1 Å². The average molecular weight is 209 g/mol. The summed E-state index contributed by atoms with van der Waals surface area (Å²) >= 11 is 0. The Balaban J connectivity index is 3.11. The molecule has 0 aliphatic carbocycles.